The Morgan fingerprint density at radius 2 is 2.08 bits per heavy atom. The van der Waals surface area contributed by atoms with Crippen molar-refractivity contribution in [1.29, 1.82) is 0 Å². The number of guanidine groups is 1. The van der Waals surface area contributed by atoms with Crippen molar-refractivity contribution >= 4 is 41.3 Å². The second-order valence-electron chi connectivity index (χ2n) is 5.71. The first-order chi connectivity index (χ1) is 12.0. The molecule has 0 saturated heterocycles. The molecule has 0 aliphatic heterocycles. The second kappa shape index (κ2) is 11.5. The van der Waals surface area contributed by atoms with Gasteiger partial charge in [-0.2, -0.15) is 0 Å². The third kappa shape index (κ3) is 6.81. The summed E-state index contributed by atoms with van der Waals surface area (Å²) in [6, 6.07) is 6.41. The number of aromatic nitrogens is 1. The highest BCUT2D eigenvalue weighted by molar-refractivity contribution is 14.0. The van der Waals surface area contributed by atoms with Crippen LogP contribution in [0.25, 0.3) is 0 Å². The smallest absolute Gasteiger partial charge is 0.194 e. The molecule has 2 aromatic rings. The Labute approximate surface area is 175 Å². The summed E-state index contributed by atoms with van der Waals surface area (Å²) >= 11 is 1.60. The van der Waals surface area contributed by atoms with Crippen molar-refractivity contribution < 1.29 is 9.13 Å². The molecule has 0 fully saturated rings. The molecule has 144 valence electrons. The lowest BCUT2D eigenvalue weighted by atomic mass is 10.2. The zero-order chi connectivity index (χ0) is 18.2. The van der Waals surface area contributed by atoms with Gasteiger partial charge in [0, 0.05) is 26.1 Å². The van der Waals surface area contributed by atoms with E-state index in [4.69, 9.17) is 4.74 Å². The fourth-order valence-electron chi connectivity index (χ4n) is 2.23. The number of rotatable bonds is 7. The standard InChI is InChI=1S/C18H25FN4OS.HI/c1-5-20-18(21-10-14-6-8-15(19)9-7-14)23(3)11-16-12-25-17(22-16)13(2)24-4;/h6-9,12-13H,5,10-11H2,1-4H3,(H,20,21);1H. The molecule has 5 nitrogen and oxygen atoms in total. The van der Waals surface area contributed by atoms with Crippen LogP contribution in [0.2, 0.25) is 0 Å². The van der Waals surface area contributed by atoms with Crippen LogP contribution in [0.4, 0.5) is 4.39 Å². The number of halogens is 2. The lowest BCUT2D eigenvalue weighted by Crippen LogP contribution is -2.38. The average Bonchev–Trinajstić information content (AvgIpc) is 3.07. The van der Waals surface area contributed by atoms with E-state index in [1.54, 1.807) is 30.6 Å². The molecular formula is C18H26FIN4OS. The fraction of sp³-hybridized carbons (Fsp3) is 0.444. The third-order valence-corrected chi connectivity index (χ3v) is 4.75. The van der Waals surface area contributed by atoms with Gasteiger partial charge in [0.25, 0.3) is 0 Å². The van der Waals surface area contributed by atoms with Crippen LogP contribution in [-0.4, -0.2) is 36.5 Å². The van der Waals surface area contributed by atoms with Crippen molar-refractivity contribution in [2.24, 2.45) is 4.99 Å². The van der Waals surface area contributed by atoms with E-state index in [9.17, 15) is 4.39 Å². The van der Waals surface area contributed by atoms with Gasteiger partial charge < -0.3 is 15.0 Å². The first kappa shape index (κ1) is 22.8. The summed E-state index contributed by atoms with van der Waals surface area (Å²) in [5.41, 5.74) is 1.95. The van der Waals surface area contributed by atoms with Gasteiger partial charge in [-0.1, -0.05) is 12.1 Å². The van der Waals surface area contributed by atoms with Crippen LogP contribution in [-0.2, 0) is 17.8 Å². The Morgan fingerprint density at radius 1 is 1.38 bits per heavy atom. The van der Waals surface area contributed by atoms with E-state index in [-0.39, 0.29) is 35.9 Å². The van der Waals surface area contributed by atoms with Crippen molar-refractivity contribution in [3.63, 3.8) is 0 Å². The lowest BCUT2D eigenvalue weighted by molar-refractivity contribution is 0.119. The molecule has 0 amide bonds. The number of nitrogens with zero attached hydrogens (tertiary/aromatic N) is 3. The molecule has 0 bridgehead atoms. The molecule has 1 aromatic heterocycles. The van der Waals surface area contributed by atoms with Crippen LogP contribution in [0, 0.1) is 5.82 Å². The van der Waals surface area contributed by atoms with Gasteiger partial charge in [0.15, 0.2) is 5.96 Å². The largest absolute Gasteiger partial charge is 0.375 e. The van der Waals surface area contributed by atoms with E-state index in [2.05, 4.69) is 15.3 Å². The van der Waals surface area contributed by atoms with Gasteiger partial charge in [0.2, 0.25) is 0 Å². The predicted octanol–water partition coefficient (Wildman–Crippen LogP) is 4.21. The molecule has 1 unspecified atom stereocenters. The summed E-state index contributed by atoms with van der Waals surface area (Å²) in [5, 5.41) is 6.30. The van der Waals surface area contributed by atoms with Crippen molar-refractivity contribution in [3.8, 4) is 0 Å². The highest BCUT2D eigenvalue weighted by Gasteiger charge is 2.12. The van der Waals surface area contributed by atoms with Crippen molar-refractivity contribution in [3.05, 3.63) is 51.7 Å². The van der Waals surface area contributed by atoms with Crippen LogP contribution in [0.3, 0.4) is 0 Å². The molecule has 26 heavy (non-hydrogen) atoms. The zero-order valence-electron chi connectivity index (χ0n) is 15.5. The molecule has 1 aromatic carbocycles. The maximum absolute atomic E-state index is 13.0. The Morgan fingerprint density at radius 3 is 2.69 bits per heavy atom. The topological polar surface area (TPSA) is 49.8 Å². The molecule has 0 radical (unpaired) electrons. The van der Waals surface area contributed by atoms with Gasteiger partial charge in [-0.05, 0) is 31.5 Å². The predicted molar refractivity (Wildman–Crippen MR) is 116 cm³/mol. The van der Waals surface area contributed by atoms with Gasteiger partial charge in [0.05, 0.1) is 18.8 Å². The van der Waals surface area contributed by atoms with Gasteiger partial charge in [-0.15, -0.1) is 35.3 Å². The van der Waals surface area contributed by atoms with Crippen molar-refractivity contribution in [1.82, 2.24) is 15.2 Å². The number of thiazole rings is 1. The van der Waals surface area contributed by atoms with E-state index in [0.717, 1.165) is 28.8 Å². The van der Waals surface area contributed by atoms with Crippen molar-refractivity contribution in [2.45, 2.75) is 33.0 Å². The van der Waals surface area contributed by atoms with Crippen molar-refractivity contribution in [2.75, 3.05) is 20.7 Å². The molecule has 0 saturated carbocycles. The maximum Gasteiger partial charge on any atom is 0.194 e. The lowest BCUT2D eigenvalue weighted by Gasteiger charge is -2.21. The Kier molecular flexibility index (Phi) is 10.0. The number of benzene rings is 1. The van der Waals surface area contributed by atoms with Gasteiger partial charge in [-0.25, -0.2) is 14.4 Å². The molecule has 0 aliphatic rings. The Hall–Kier alpha value is -1.26. The SMILES string of the molecule is CCNC(=NCc1ccc(F)cc1)N(C)Cc1csc(C(C)OC)n1.I. The molecular weight excluding hydrogens is 466 g/mol. The monoisotopic (exact) mass is 492 g/mol. The summed E-state index contributed by atoms with van der Waals surface area (Å²) in [6.07, 6.45) is 0.00411. The minimum atomic E-state index is -0.235. The summed E-state index contributed by atoms with van der Waals surface area (Å²) in [7, 11) is 3.66. The average molecular weight is 492 g/mol. The van der Waals surface area contributed by atoms with Gasteiger partial charge in [0.1, 0.15) is 16.9 Å². The van der Waals surface area contributed by atoms with E-state index >= 15 is 0 Å². The summed E-state index contributed by atoms with van der Waals surface area (Å²) in [5.74, 6) is 0.558. The van der Waals surface area contributed by atoms with E-state index in [0.29, 0.717) is 13.1 Å². The molecule has 0 aliphatic carbocycles. The van der Waals surface area contributed by atoms with Crippen LogP contribution in [0.15, 0.2) is 34.6 Å². The van der Waals surface area contributed by atoms with Gasteiger partial charge >= 0.3 is 0 Å². The van der Waals surface area contributed by atoms with E-state index in [1.807, 2.05) is 31.2 Å². The van der Waals surface area contributed by atoms with Crippen LogP contribution >= 0.6 is 35.3 Å². The molecule has 0 spiro atoms. The minimum Gasteiger partial charge on any atom is -0.375 e. The molecule has 1 heterocycles. The molecule has 8 heteroatoms. The van der Waals surface area contributed by atoms with Crippen LogP contribution < -0.4 is 5.32 Å². The number of ether oxygens (including phenoxy) is 1. The number of nitrogens with one attached hydrogen (secondary N) is 1. The second-order valence-corrected chi connectivity index (χ2v) is 6.60. The number of methoxy groups -OCH3 is 1. The van der Waals surface area contributed by atoms with Crippen LogP contribution in [0.1, 0.15) is 36.2 Å². The summed E-state index contributed by atoms with van der Waals surface area (Å²) < 4.78 is 18.3. The maximum atomic E-state index is 13.0. The van der Waals surface area contributed by atoms with E-state index in [1.165, 1.54) is 12.1 Å². The minimum absolute atomic E-state index is 0. The Bertz CT molecular complexity index is 693. The van der Waals surface area contributed by atoms with E-state index < -0.39 is 0 Å². The molecule has 1 atom stereocenters. The first-order valence-electron chi connectivity index (χ1n) is 8.24. The molecule has 2 rings (SSSR count). The number of hydrogen-bond donors (Lipinski definition) is 1. The molecule has 1 N–H and O–H groups in total. The first-order valence-corrected chi connectivity index (χ1v) is 9.12. The van der Waals surface area contributed by atoms with Gasteiger partial charge in [-0.3, -0.25) is 0 Å². The number of hydrogen-bond acceptors (Lipinski definition) is 4. The fourth-order valence-corrected chi connectivity index (χ4v) is 3.07. The highest BCUT2D eigenvalue weighted by atomic mass is 127. The normalized spacial score (nSPS) is 12.4. The summed E-state index contributed by atoms with van der Waals surface area (Å²) in [4.78, 5) is 11.3. The number of aliphatic imine (C=N–C) groups is 1. The summed E-state index contributed by atoms with van der Waals surface area (Å²) in [6.45, 7) is 5.94. The zero-order valence-corrected chi connectivity index (χ0v) is 18.7. The highest BCUT2D eigenvalue weighted by Crippen LogP contribution is 2.20. The Balaban J connectivity index is 0.00000338. The quantitative estimate of drug-likeness (QED) is 0.358. The van der Waals surface area contributed by atoms with Crippen LogP contribution in [0.5, 0.6) is 0 Å². The third-order valence-electron chi connectivity index (χ3n) is 3.69.